The topological polar surface area (TPSA) is 120 Å². The van der Waals surface area contributed by atoms with E-state index in [0.717, 1.165) is 0 Å². The monoisotopic (exact) mass is 437 g/mol. The van der Waals surface area contributed by atoms with Crippen LogP contribution in [0.15, 0.2) is 65.8 Å². The highest BCUT2D eigenvalue weighted by Crippen LogP contribution is 2.23. The molecule has 3 N–H and O–H groups in total. The lowest BCUT2D eigenvalue weighted by atomic mass is 9.98. The van der Waals surface area contributed by atoms with Crippen LogP contribution in [0.3, 0.4) is 0 Å². The van der Waals surface area contributed by atoms with Gasteiger partial charge in [0.05, 0.1) is 17.0 Å². The summed E-state index contributed by atoms with van der Waals surface area (Å²) in [6, 6.07) is 10.8. The molecular formula is C22H23N5O3S. The van der Waals surface area contributed by atoms with Crippen molar-refractivity contribution >= 4 is 26.7 Å². The third kappa shape index (κ3) is 4.46. The van der Waals surface area contributed by atoms with Crippen LogP contribution in [0, 0.1) is 11.3 Å². The Morgan fingerprint density at radius 2 is 2.13 bits per heavy atom. The van der Waals surface area contributed by atoms with E-state index in [1.165, 1.54) is 6.07 Å². The smallest absolute Gasteiger partial charge is 0.241 e. The Bertz CT molecular complexity index is 1270. The molecule has 0 aliphatic carbocycles. The molecular weight excluding hydrogens is 414 g/mol. The largest absolute Gasteiger partial charge is 0.361 e. The number of nitriles is 1. The summed E-state index contributed by atoms with van der Waals surface area (Å²) in [5, 5.41) is 12.9. The summed E-state index contributed by atoms with van der Waals surface area (Å²) in [7, 11) is -3.96. The van der Waals surface area contributed by atoms with E-state index in [1.54, 1.807) is 47.3 Å². The highest BCUT2D eigenvalue weighted by molar-refractivity contribution is 7.89. The Balaban J connectivity index is 1.61. The van der Waals surface area contributed by atoms with Crippen molar-refractivity contribution in [2.24, 2.45) is 0 Å². The number of nitrogens with one attached hydrogen (secondary N) is 3. The van der Waals surface area contributed by atoms with Crippen molar-refractivity contribution in [2.45, 2.75) is 36.4 Å². The molecule has 0 radical (unpaired) electrons. The summed E-state index contributed by atoms with van der Waals surface area (Å²) in [6.07, 6.45) is 8.03. The van der Waals surface area contributed by atoms with Crippen LogP contribution in [-0.4, -0.2) is 42.4 Å². The average Bonchev–Trinajstić information content (AvgIpc) is 3.45. The molecule has 8 nitrogen and oxygen atoms in total. The average molecular weight is 438 g/mol. The minimum atomic E-state index is -3.96. The van der Waals surface area contributed by atoms with E-state index >= 15 is 0 Å². The number of carbonyl (C=O) groups excluding carboxylic acids is 1. The van der Waals surface area contributed by atoms with E-state index in [1.807, 2.05) is 12.2 Å². The van der Waals surface area contributed by atoms with Gasteiger partial charge in [0, 0.05) is 36.4 Å². The van der Waals surface area contributed by atoms with Gasteiger partial charge in [0.1, 0.15) is 11.8 Å². The molecule has 1 aliphatic rings. The van der Waals surface area contributed by atoms with E-state index in [2.05, 4.69) is 21.1 Å². The normalized spacial score (nSPS) is 17.5. The molecule has 31 heavy (non-hydrogen) atoms. The molecule has 2 aromatic heterocycles. The molecule has 0 saturated carbocycles. The zero-order valence-electron chi connectivity index (χ0n) is 16.8. The van der Waals surface area contributed by atoms with Crippen molar-refractivity contribution < 1.29 is 13.2 Å². The molecule has 3 heterocycles. The summed E-state index contributed by atoms with van der Waals surface area (Å²) in [5.74, 6) is -0.208. The van der Waals surface area contributed by atoms with E-state index < -0.39 is 22.1 Å². The summed E-state index contributed by atoms with van der Waals surface area (Å²) in [6.45, 7) is 0.903. The third-order valence-electron chi connectivity index (χ3n) is 5.45. The molecule has 0 amide bonds. The van der Waals surface area contributed by atoms with Crippen LogP contribution >= 0.6 is 0 Å². The molecule has 3 aromatic rings. The lowest BCUT2D eigenvalue weighted by Crippen LogP contribution is -2.50. The Labute approximate surface area is 180 Å². The number of ketones is 1. The number of carbonyl (C=O) groups is 1. The number of aryl methyl sites for hydroxylation is 1. The molecule has 0 spiro atoms. The third-order valence-corrected chi connectivity index (χ3v) is 6.98. The molecule has 0 bridgehead atoms. The van der Waals surface area contributed by atoms with Crippen molar-refractivity contribution in [1.29, 1.82) is 5.26 Å². The maximum absolute atomic E-state index is 13.3. The first kappa shape index (κ1) is 21.1. The zero-order valence-corrected chi connectivity index (χ0v) is 17.6. The Morgan fingerprint density at radius 1 is 1.26 bits per heavy atom. The first-order valence-electron chi connectivity index (χ1n) is 10.1. The predicted octanol–water partition coefficient (Wildman–Crippen LogP) is 2.07. The second-order valence-electron chi connectivity index (χ2n) is 7.43. The fourth-order valence-corrected chi connectivity index (χ4v) is 5.31. The van der Waals surface area contributed by atoms with Crippen LogP contribution in [0.1, 0.15) is 18.5 Å². The standard InChI is InChI=1S/C22H23N5O3S/c23-15-16-5-4-13-27(16)14-10-20(22(28)19-6-1-2-11-24-19)26-31(29,30)21-8-3-7-18-17(21)9-12-25-18/h1-5,7-9,12-13,19-20,24-26H,6,10-11,14H2. The molecule has 1 aliphatic heterocycles. The summed E-state index contributed by atoms with van der Waals surface area (Å²) < 4.78 is 30.9. The number of aromatic nitrogens is 2. The Kier molecular flexibility index (Phi) is 6.04. The van der Waals surface area contributed by atoms with Crippen LogP contribution < -0.4 is 10.0 Å². The van der Waals surface area contributed by atoms with Crippen LogP contribution in [-0.2, 0) is 21.4 Å². The molecule has 0 saturated heterocycles. The molecule has 2 unspecified atom stereocenters. The zero-order chi connectivity index (χ0) is 21.8. The van der Waals surface area contributed by atoms with Crippen LogP contribution in [0.4, 0.5) is 0 Å². The summed E-state index contributed by atoms with van der Waals surface area (Å²) in [5.41, 5.74) is 1.17. The summed E-state index contributed by atoms with van der Waals surface area (Å²) >= 11 is 0. The van der Waals surface area contributed by atoms with E-state index in [0.29, 0.717) is 36.1 Å². The lowest BCUT2D eigenvalue weighted by molar-refractivity contribution is -0.122. The fourth-order valence-electron chi connectivity index (χ4n) is 3.85. The van der Waals surface area contributed by atoms with Gasteiger partial charge in [0.15, 0.2) is 5.78 Å². The van der Waals surface area contributed by atoms with Gasteiger partial charge in [-0.05, 0) is 43.2 Å². The Morgan fingerprint density at radius 3 is 2.90 bits per heavy atom. The Hall–Kier alpha value is -3.19. The maximum atomic E-state index is 13.3. The number of H-pyrrole nitrogens is 1. The van der Waals surface area contributed by atoms with Crippen molar-refractivity contribution in [3.63, 3.8) is 0 Å². The number of hydrogen-bond donors (Lipinski definition) is 3. The minimum Gasteiger partial charge on any atom is -0.361 e. The van der Waals surface area contributed by atoms with Gasteiger partial charge in [0.2, 0.25) is 10.0 Å². The maximum Gasteiger partial charge on any atom is 0.241 e. The lowest BCUT2D eigenvalue weighted by Gasteiger charge is -2.25. The predicted molar refractivity (Wildman–Crippen MR) is 117 cm³/mol. The number of rotatable bonds is 8. The first-order valence-corrected chi connectivity index (χ1v) is 11.5. The van der Waals surface area contributed by atoms with Crippen molar-refractivity contribution in [1.82, 2.24) is 19.6 Å². The molecule has 9 heteroatoms. The summed E-state index contributed by atoms with van der Waals surface area (Å²) in [4.78, 5) is 16.4. The van der Waals surface area contributed by atoms with E-state index in [-0.39, 0.29) is 17.1 Å². The van der Waals surface area contributed by atoms with Gasteiger partial charge in [0.25, 0.3) is 0 Å². The number of aromatic amines is 1. The van der Waals surface area contributed by atoms with Crippen molar-refractivity contribution in [3.8, 4) is 6.07 Å². The molecule has 1 aromatic carbocycles. The van der Waals surface area contributed by atoms with Gasteiger partial charge in [-0.25, -0.2) is 13.1 Å². The SMILES string of the molecule is N#Cc1cccn1CCC(NS(=O)(=O)c1cccc2[nH]ccc12)C(=O)C1CC=CCN1. The second kappa shape index (κ2) is 8.89. The van der Waals surface area contributed by atoms with Crippen LogP contribution in [0.5, 0.6) is 0 Å². The van der Waals surface area contributed by atoms with Gasteiger partial charge >= 0.3 is 0 Å². The van der Waals surface area contributed by atoms with Crippen LogP contribution in [0.2, 0.25) is 0 Å². The van der Waals surface area contributed by atoms with Gasteiger partial charge in [-0.2, -0.15) is 5.26 Å². The van der Waals surface area contributed by atoms with Gasteiger partial charge in [-0.3, -0.25) is 4.79 Å². The van der Waals surface area contributed by atoms with Gasteiger partial charge < -0.3 is 14.9 Å². The van der Waals surface area contributed by atoms with E-state index in [4.69, 9.17) is 0 Å². The van der Waals surface area contributed by atoms with Crippen LogP contribution in [0.25, 0.3) is 10.9 Å². The minimum absolute atomic E-state index is 0.124. The second-order valence-corrected chi connectivity index (χ2v) is 9.11. The fraction of sp³-hybridized carbons (Fsp3) is 0.273. The highest BCUT2D eigenvalue weighted by Gasteiger charge is 2.31. The first-order chi connectivity index (χ1) is 15.0. The molecule has 0 fully saturated rings. The van der Waals surface area contributed by atoms with Crippen molar-refractivity contribution in [3.05, 3.63) is 66.6 Å². The number of hydrogen-bond acceptors (Lipinski definition) is 5. The number of sulfonamides is 1. The van der Waals surface area contributed by atoms with Crippen molar-refractivity contribution in [2.75, 3.05) is 6.54 Å². The number of nitrogens with zero attached hydrogens (tertiary/aromatic N) is 2. The molecule has 2 atom stereocenters. The van der Waals surface area contributed by atoms with Gasteiger partial charge in [-0.15, -0.1) is 0 Å². The molecule has 4 rings (SSSR count). The number of Topliss-reactive ketones (excluding diaryl/α,β-unsaturated/α-hetero) is 1. The molecule has 160 valence electrons. The quantitative estimate of drug-likeness (QED) is 0.466. The van der Waals surface area contributed by atoms with Gasteiger partial charge in [-0.1, -0.05) is 18.2 Å². The number of fused-ring (bicyclic) bond motifs is 1. The highest BCUT2D eigenvalue weighted by atomic mass is 32.2. The number of benzene rings is 1. The van der Waals surface area contributed by atoms with E-state index in [9.17, 15) is 18.5 Å².